The summed E-state index contributed by atoms with van der Waals surface area (Å²) in [7, 11) is -3.48. The molecule has 1 aromatic heterocycles. The third kappa shape index (κ3) is 2.53. The number of hydrogen-bond acceptors (Lipinski definition) is 5. The van der Waals surface area contributed by atoms with Crippen molar-refractivity contribution in [2.45, 2.75) is 25.9 Å². The topological polar surface area (TPSA) is 60.8 Å². The van der Waals surface area contributed by atoms with Crippen LogP contribution >= 0.6 is 7.60 Å². The van der Waals surface area contributed by atoms with Gasteiger partial charge in [-0.2, -0.15) is 0 Å². The van der Waals surface area contributed by atoms with Gasteiger partial charge in [0.15, 0.2) is 0 Å². The monoisotopic (exact) mass is 344 g/mol. The lowest BCUT2D eigenvalue weighted by molar-refractivity contribution is 0.208. The van der Waals surface area contributed by atoms with E-state index in [1.165, 1.54) is 0 Å². The molecular formula is C18H21N2O3P. The van der Waals surface area contributed by atoms with Crippen LogP contribution in [0.3, 0.4) is 0 Å². The van der Waals surface area contributed by atoms with Crippen molar-refractivity contribution in [2.75, 3.05) is 13.2 Å². The SMILES string of the molecule is CCOP(=O)(OCC)C1(C)C(c2ccncc2)=Nc2ccccc21. The summed E-state index contributed by atoms with van der Waals surface area (Å²) in [6.45, 7) is 6.14. The van der Waals surface area contributed by atoms with Crippen molar-refractivity contribution in [3.05, 3.63) is 59.9 Å². The van der Waals surface area contributed by atoms with Gasteiger partial charge >= 0.3 is 7.60 Å². The molecule has 0 spiro atoms. The first kappa shape index (κ1) is 17.0. The Morgan fingerprint density at radius 2 is 1.67 bits per heavy atom. The second kappa shape index (κ2) is 6.60. The van der Waals surface area contributed by atoms with Crippen LogP contribution < -0.4 is 0 Å². The van der Waals surface area contributed by atoms with E-state index in [0.717, 1.165) is 16.8 Å². The molecule has 2 aromatic rings. The Balaban J connectivity index is 2.24. The Labute approximate surface area is 142 Å². The van der Waals surface area contributed by atoms with E-state index in [1.54, 1.807) is 12.4 Å². The number of hydrogen-bond donors (Lipinski definition) is 0. The lowest BCUT2D eigenvalue weighted by Gasteiger charge is -2.34. The summed E-state index contributed by atoms with van der Waals surface area (Å²) in [5.41, 5.74) is 3.22. The fourth-order valence-electron chi connectivity index (χ4n) is 3.11. The Kier molecular flexibility index (Phi) is 4.68. The summed E-state index contributed by atoms with van der Waals surface area (Å²) < 4.78 is 25.1. The van der Waals surface area contributed by atoms with Crippen molar-refractivity contribution in [3.8, 4) is 0 Å². The van der Waals surface area contributed by atoms with Gasteiger partial charge < -0.3 is 9.05 Å². The van der Waals surface area contributed by atoms with E-state index in [4.69, 9.17) is 14.0 Å². The molecule has 6 heteroatoms. The van der Waals surface area contributed by atoms with Crippen LogP contribution in [0.4, 0.5) is 5.69 Å². The van der Waals surface area contributed by atoms with Gasteiger partial charge in [0.1, 0.15) is 5.16 Å². The molecule has 1 aliphatic rings. The van der Waals surface area contributed by atoms with Gasteiger partial charge in [-0.25, -0.2) is 0 Å². The first-order valence-electron chi connectivity index (χ1n) is 8.05. The lowest BCUT2D eigenvalue weighted by Crippen LogP contribution is -2.32. The molecule has 2 heterocycles. The highest BCUT2D eigenvalue weighted by molar-refractivity contribution is 7.56. The average Bonchev–Trinajstić information content (AvgIpc) is 2.91. The van der Waals surface area contributed by atoms with E-state index >= 15 is 0 Å². The lowest BCUT2D eigenvalue weighted by atomic mass is 9.93. The van der Waals surface area contributed by atoms with Crippen LogP contribution in [0.25, 0.3) is 0 Å². The molecule has 0 saturated carbocycles. The predicted molar refractivity (Wildman–Crippen MR) is 95.1 cm³/mol. The Hall–Kier alpha value is -1.81. The smallest absolute Gasteiger partial charge is 0.308 e. The molecular weight excluding hydrogens is 323 g/mol. The van der Waals surface area contributed by atoms with Gasteiger partial charge in [-0.05, 0) is 39.0 Å². The first-order chi connectivity index (χ1) is 11.6. The minimum Gasteiger partial charge on any atom is -0.308 e. The maximum absolute atomic E-state index is 13.7. The zero-order valence-electron chi connectivity index (χ0n) is 14.1. The molecule has 1 aliphatic heterocycles. The number of aromatic nitrogens is 1. The van der Waals surface area contributed by atoms with Crippen LogP contribution in [0.5, 0.6) is 0 Å². The standard InChI is InChI=1S/C18H21N2O3P/c1-4-22-24(21,23-5-2)18(3)15-8-6-7-9-16(15)20-17(18)14-10-12-19-13-11-14/h6-13H,4-5H2,1-3H3. The summed E-state index contributed by atoms with van der Waals surface area (Å²) in [5, 5.41) is -0.961. The molecule has 1 atom stereocenters. The summed E-state index contributed by atoms with van der Waals surface area (Å²) in [6, 6.07) is 11.4. The molecule has 0 radical (unpaired) electrons. The highest BCUT2D eigenvalue weighted by Gasteiger charge is 2.56. The molecule has 0 saturated heterocycles. The van der Waals surface area contributed by atoms with Crippen molar-refractivity contribution < 1.29 is 13.6 Å². The number of benzene rings is 1. The zero-order chi connectivity index (χ0) is 17.2. The minimum atomic E-state index is -3.48. The summed E-state index contributed by atoms with van der Waals surface area (Å²) in [4.78, 5) is 8.82. The first-order valence-corrected chi connectivity index (χ1v) is 9.59. The third-order valence-electron chi connectivity index (χ3n) is 4.22. The maximum Gasteiger partial charge on any atom is 0.346 e. The third-order valence-corrected chi connectivity index (χ3v) is 6.97. The highest BCUT2D eigenvalue weighted by atomic mass is 31.2. The summed E-state index contributed by atoms with van der Waals surface area (Å²) in [5.74, 6) is 0. The van der Waals surface area contributed by atoms with Crippen LogP contribution in [0.2, 0.25) is 0 Å². The van der Waals surface area contributed by atoms with E-state index in [0.29, 0.717) is 18.9 Å². The van der Waals surface area contributed by atoms with Crippen LogP contribution in [-0.4, -0.2) is 23.9 Å². The molecule has 0 N–H and O–H groups in total. The van der Waals surface area contributed by atoms with Crippen molar-refractivity contribution in [2.24, 2.45) is 4.99 Å². The largest absolute Gasteiger partial charge is 0.346 e. The quantitative estimate of drug-likeness (QED) is 0.713. The Bertz CT molecular complexity index is 797. The van der Waals surface area contributed by atoms with Gasteiger partial charge in [-0.3, -0.25) is 14.5 Å². The molecule has 3 rings (SSSR count). The van der Waals surface area contributed by atoms with Crippen LogP contribution in [0, 0.1) is 0 Å². The fraction of sp³-hybridized carbons (Fsp3) is 0.333. The number of nitrogens with zero attached hydrogens (tertiary/aromatic N) is 2. The van der Waals surface area contributed by atoms with E-state index in [1.807, 2.05) is 57.2 Å². The van der Waals surface area contributed by atoms with Crippen molar-refractivity contribution in [1.82, 2.24) is 4.98 Å². The molecule has 0 fully saturated rings. The van der Waals surface area contributed by atoms with Crippen LogP contribution in [0.15, 0.2) is 53.8 Å². The van der Waals surface area contributed by atoms with E-state index in [9.17, 15) is 4.57 Å². The van der Waals surface area contributed by atoms with Gasteiger partial charge in [-0.1, -0.05) is 18.2 Å². The van der Waals surface area contributed by atoms with E-state index in [2.05, 4.69) is 4.98 Å². The van der Waals surface area contributed by atoms with Crippen molar-refractivity contribution in [3.63, 3.8) is 0 Å². The molecule has 24 heavy (non-hydrogen) atoms. The fourth-order valence-corrected chi connectivity index (χ4v) is 5.30. The van der Waals surface area contributed by atoms with Crippen LogP contribution in [0.1, 0.15) is 31.9 Å². The number of fused-ring (bicyclic) bond motifs is 1. The van der Waals surface area contributed by atoms with Gasteiger partial charge in [0.2, 0.25) is 0 Å². The second-order valence-electron chi connectivity index (χ2n) is 5.62. The normalized spacial score (nSPS) is 19.9. The number of pyridine rings is 1. The van der Waals surface area contributed by atoms with Gasteiger partial charge in [0.25, 0.3) is 0 Å². The van der Waals surface area contributed by atoms with Gasteiger partial charge in [0, 0.05) is 23.5 Å². The van der Waals surface area contributed by atoms with Crippen molar-refractivity contribution >= 4 is 19.0 Å². The van der Waals surface area contributed by atoms with Crippen LogP contribution in [-0.2, 0) is 18.8 Å². The Morgan fingerprint density at radius 1 is 1.04 bits per heavy atom. The number of para-hydroxylation sites is 1. The number of rotatable bonds is 6. The molecule has 0 bridgehead atoms. The molecule has 1 aromatic carbocycles. The van der Waals surface area contributed by atoms with Crippen molar-refractivity contribution in [1.29, 1.82) is 0 Å². The predicted octanol–water partition coefficient (Wildman–Crippen LogP) is 4.70. The molecule has 1 unspecified atom stereocenters. The maximum atomic E-state index is 13.7. The molecule has 0 amide bonds. The average molecular weight is 344 g/mol. The Morgan fingerprint density at radius 3 is 2.29 bits per heavy atom. The number of aliphatic imine (C=N–C) groups is 1. The minimum absolute atomic E-state index is 0.304. The molecule has 126 valence electrons. The highest BCUT2D eigenvalue weighted by Crippen LogP contribution is 2.69. The second-order valence-corrected chi connectivity index (χ2v) is 8.02. The van der Waals surface area contributed by atoms with Gasteiger partial charge in [0.05, 0.1) is 24.6 Å². The summed E-state index contributed by atoms with van der Waals surface area (Å²) in [6.07, 6.45) is 3.40. The van der Waals surface area contributed by atoms with E-state index in [-0.39, 0.29) is 0 Å². The summed E-state index contributed by atoms with van der Waals surface area (Å²) >= 11 is 0. The van der Waals surface area contributed by atoms with Gasteiger partial charge in [-0.15, -0.1) is 0 Å². The van der Waals surface area contributed by atoms with E-state index < -0.39 is 12.8 Å². The molecule has 0 aliphatic carbocycles. The molecule has 5 nitrogen and oxygen atoms in total. The zero-order valence-corrected chi connectivity index (χ0v) is 15.0.